The number of aliphatic imine (C=N–C) groups is 1. The van der Waals surface area contributed by atoms with Crippen molar-refractivity contribution < 1.29 is 9.59 Å². The molecule has 2 aliphatic heterocycles. The third-order valence-corrected chi connectivity index (χ3v) is 4.22. The van der Waals surface area contributed by atoms with Crippen molar-refractivity contribution >= 4 is 29.0 Å². The molecule has 0 aromatic heterocycles. The zero-order valence-electron chi connectivity index (χ0n) is 12.7. The fourth-order valence-corrected chi connectivity index (χ4v) is 3.26. The van der Waals surface area contributed by atoms with Crippen molar-refractivity contribution in [3.05, 3.63) is 47.7 Å². The Bertz CT molecular complexity index is 807. The lowest BCUT2D eigenvalue weighted by Gasteiger charge is -2.28. The van der Waals surface area contributed by atoms with Crippen molar-refractivity contribution in [2.24, 2.45) is 4.99 Å². The van der Waals surface area contributed by atoms with E-state index < -0.39 is 0 Å². The Labute approximate surface area is 133 Å². The topological polar surface area (TPSA) is 73.8 Å². The van der Waals surface area contributed by atoms with Gasteiger partial charge in [0.15, 0.2) is 0 Å². The highest BCUT2D eigenvalue weighted by Gasteiger charge is 2.28. The van der Waals surface area contributed by atoms with Gasteiger partial charge in [-0.05, 0) is 42.3 Å². The van der Waals surface area contributed by atoms with Crippen molar-refractivity contribution in [3.63, 3.8) is 0 Å². The molecule has 0 bridgehead atoms. The highest BCUT2D eigenvalue weighted by Crippen LogP contribution is 2.33. The van der Waals surface area contributed by atoms with Crippen molar-refractivity contribution in [2.75, 3.05) is 16.8 Å². The first-order valence-electron chi connectivity index (χ1n) is 7.57. The van der Waals surface area contributed by atoms with E-state index in [0.717, 1.165) is 30.0 Å². The maximum Gasteiger partial charge on any atom is 0.346 e. The van der Waals surface area contributed by atoms with Gasteiger partial charge in [0.25, 0.3) is 0 Å². The first kappa shape index (κ1) is 13.8. The molecule has 1 aliphatic carbocycles. The number of rotatable bonds is 2. The van der Waals surface area contributed by atoms with Gasteiger partial charge in [0, 0.05) is 24.8 Å². The van der Waals surface area contributed by atoms with E-state index in [0.29, 0.717) is 5.71 Å². The molecule has 2 heterocycles. The Hall–Kier alpha value is -2.89. The predicted molar refractivity (Wildman–Crippen MR) is 88.8 cm³/mol. The summed E-state index contributed by atoms with van der Waals surface area (Å²) in [6.45, 7) is 2.41. The SMILES string of the molecule is CC(=O)Nc1ccc2c(c1)CCN2C1C=CC2=NC(=O)NC2=C1. The van der Waals surface area contributed by atoms with Crippen molar-refractivity contribution in [3.8, 4) is 0 Å². The van der Waals surface area contributed by atoms with Crippen LogP contribution in [0, 0.1) is 0 Å². The van der Waals surface area contributed by atoms with Gasteiger partial charge in [-0.2, -0.15) is 4.99 Å². The van der Waals surface area contributed by atoms with E-state index in [4.69, 9.17) is 0 Å². The quantitative estimate of drug-likeness (QED) is 0.877. The average Bonchev–Trinajstić information content (AvgIpc) is 3.07. The zero-order valence-corrected chi connectivity index (χ0v) is 12.7. The second kappa shape index (κ2) is 5.08. The van der Waals surface area contributed by atoms with E-state index >= 15 is 0 Å². The molecule has 0 saturated heterocycles. The largest absolute Gasteiger partial charge is 0.361 e. The molecule has 0 fully saturated rings. The number of nitrogens with zero attached hydrogens (tertiary/aromatic N) is 2. The second-order valence-electron chi connectivity index (χ2n) is 5.83. The van der Waals surface area contributed by atoms with Gasteiger partial charge >= 0.3 is 6.03 Å². The number of hydrogen-bond donors (Lipinski definition) is 2. The molecule has 6 heteroatoms. The smallest absolute Gasteiger partial charge is 0.346 e. The molecule has 0 radical (unpaired) electrons. The molecule has 3 aliphatic rings. The molecule has 1 atom stereocenters. The van der Waals surface area contributed by atoms with Gasteiger partial charge in [0.05, 0.1) is 17.5 Å². The van der Waals surface area contributed by atoms with Crippen LogP contribution < -0.4 is 15.5 Å². The average molecular weight is 308 g/mol. The molecule has 3 amide bonds. The fraction of sp³-hybridized carbons (Fsp3) is 0.235. The predicted octanol–water partition coefficient (Wildman–Crippen LogP) is 1.99. The van der Waals surface area contributed by atoms with Crippen LogP contribution in [0.15, 0.2) is 47.1 Å². The summed E-state index contributed by atoms with van der Waals surface area (Å²) >= 11 is 0. The van der Waals surface area contributed by atoms with E-state index in [1.807, 2.05) is 30.4 Å². The lowest BCUT2D eigenvalue weighted by atomic mass is 10.0. The monoisotopic (exact) mass is 308 g/mol. The van der Waals surface area contributed by atoms with E-state index in [1.165, 1.54) is 12.5 Å². The summed E-state index contributed by atoms with van der Waals surface area (Å²) in [5, 5.41) is 5.57. The minimum atomic E-state index is -0.307. The van der Waals surface area contributed by atoms with E-state index in [9.17, 15) is 9.59 Å². The standard InChI is InChI=1S/C17H16N4O2/c1-10(22)18-12-2-5-16-11(8-12)6-7-21(16)13-3-4-14-15(9-13)20-17(23)19-14/h2-5,8-9,13H,6-7H2,1H3,(H,18,22)(H,20,23). The third-order valence-electron chi connectivity index (χ3n) is 4.22. The summed E-state index contributed by atoms with van der Waals surface area (Å²) < 4.78 is 0. The highest BCUT2D eigenvalue weighted by atomic mass is 16.2. The Morgan fingerprint density at radius 3 is 3.13 bits per heavy atom. The minimum Gasteiger partial charge on any atom is -0.361 e. The van der Waals surface area contributed by atoms with Crippen LogP contribution in [0.2, 0.25) is 0 Å². The van der Waals surface area contributed by atoms with Crippen LogP contribution in [0.5, 0.6) is 0 Å². The number of carbonyl (C=O) groups is 2. The normalized spacial score (nSPS) is 21.3. The summed E-state index contributed by atoms with van der Waals surface area (Å²) in [5.41, 5.74) is 4.69. The summed E-state index contributed by atoms with van der Waals surface area (Å²) in [4.78, 5) is 28.7. The number of hydrogen-bond acceptors (Lipinski definition) is 3. The summed E-state index contributed by atoms with van der Waals surface area (Å²) in [6, 6.07) is 5.77. The molecule has 4 rings (SSSR count). The van der Waals surface area contributed by atoms with Crippen LogP contribution in [-0.2, 0) is 11.2 Å². The van der Waals surface area contributed by atoms with E-state index in [2.05, 4.69) is 26.6 Å². The van der Waals surface area contributed by atoms with Gasteiger partial charge in [-0.1, -0.05) is 6.08 Å². The van der Waals surface area contributed by atoms with Crippen LogP contribution >= 0.6 is 0 Å². The molecule has 0 spiro atoms. The van der Waals surface area contributed by atoms with Gasteiger partial charge in [-0.25, -0.2) is 4.79 Å². The number of urea groups is 1. The van der Waals surface area contributed by atoms with E-state index in [1.54, 1.807) is 0 Å². The number of carbonyl (C=O) groups excluding carboxylic acids is 2. The maximum absolute atomic E-state index is 11.3. The zero-order chi connectivity index (χ0) is 16.0. The van der Waals surface area contributed by atoms with Crippen LogP contribution in [-0.4, -0.2) is 30.2 Å². The minimum absolute atomic E-state index is 0.0662. The van der Waals surface area contributed by atoms with Crippen LogP contribution in [0.4, 0.5) is 16.2 Å². The number of fused-ring (bicyclic) bond motifs is 2. The first-order valence-corrected chi connectivity index (χ1v) is 7.57. The van der Waals surface area contributed by atoms with Crippen LogP contribution in [0.3, 0.4) is 0 Å². The lowest BCUT2D eigenvalue weighted by Crippen LogP contribution is -2.34. The molecule has 2 N–H and O–H groups in total. The molecule has 116 valence electrons. The summed E-state index contributed by atoms with van der Waals surface area (Å²) in [6.07, 6.45) is 6.91. The highest BCUT2D eigenvalue weighted by molar-refractivity contribution is 6.19. The van der Waals surface area contributed by atoms with Gasteiger partial charge in [-0.15, -0.1) is 0 Å². The number of benzene rings is 1. The molecule has 23 heavy (non-hydrogen) atoms. The molecule has 1 unspecified atom stereocenters. The first-order chi connectivity index (χ1) is 11.1. The number of allylic oxidation sites excluding steroid dienone is 1. The van der Waals surface area contributed by atoms with Gasteiger partial charge in [0.2, 0.25) is 5.91 Å². The maximum atomic E-state index is 11.3. The Balaban J connectivity index is 1.60. The van der Waals surface area contributed by atoms with Gasteiger partial charge in [0.1, 0.15) is 0 Å². The molecule has 0 saturated carbocycles. The molecular formula is C17H16N4O2. The van der Waals surface area contributed by atoms with Crippen molar-refractivity contribution in [1.82, 2.24) is 5.32 Å². The number of amides is 3. The molecular weight excluding hydrogens is 292 g/mol. The van der Waals surface area contributed by atoms with Crippen molar-refractivity contribution in [2.45, 2.75) is 19.4 Å². The van der Waals surface area contributed by atoms with Gasteiger partial charge in [-0.3, -0.25) is 4.79 Å². The number of nitrogens with one attached hydrogen (secondary N) is 2. The molecule has 1 aromatic rings. The van der Waals surface area contributed by atoms with E-state index in [-0.39, 0.29) is 18.0 Å². The fourth-order valence-electron chi connectivity index (χ4n) is 3.26. The summed E-state index contributed by atoms with van der Waals surface area (Å²) in [7, 11) is 0. The van der Waals surface area contributed by atoms with Crippen LogP contribution in [0.25, 0.3) is 0 Å². The Kier molecular flexibility index (Phi) is 3.04. The lowest BCUT2D eigenvalue weighted by molar-refractivity contribution is -0.114. The Morgan fingerprint density at radius 2 is 2.30 bits per heavy atom. The number of anilines is 2. The third kappa shape index (κ3) is 2.42. The van der Waals surface area contributed by atoms with Crippen molar-refractivity contribution in [1.29, 1.82) is 0 Å². The molecule has 6 nitrogen and oxygen atoms in total. The second-order valence-corrected chi connectivity index (χ2v) is 5.83. The molecule has 1 aromatic carbocycles. The summed E-state index contributed by atoms with van der Waals surface area (Å²) in [5.74, 6) is -0.0662. The van der Waals surface area contributed by atoms with Gasteiger partial charge < -0.3 is 15.5 Å². The van der Waals surface area contributed by atoms with Crippen LogP contribution in [0.1, 0.15) is 12.5 Å². The Morgan fingerprint density at radius 1 is 1.43 bits per heavy atom.